The van der Waals surface area contributed by atoms with Gasteiger partial charge in [0.25, 0.3) is 0 Å². The SMILES string of the molecule is COc1ccc(CN(C(=O)C(c2ccccc2)c2ccccc2)[C@H](CCCNC=N)C(N)=O)cc1.Cl. The van der Waals surface area contributed by atoms with Crippen LogP contribution in [0.1, 0.15) is 35.4 Å². The zero-order valence-corrected chi connectivity index (χ0v) is 21.1. The van der Waals surface area contributed by atoms with E-state index in [0.717, 1.165) is 23.0 Å². The van der Waals surface area contributed by atoms with Gasteiger partial charge >= 0.3 is 0 Å². The van der Waals surface area contributed by atoms with Gasteiger partial charge < -0.3 is 20.7 Å². The van der Waals surface area contributed by atoms with Crippen molar-refractivity contribution in [2.24, 2.45) is 5.73 Å². The van der Waals surface area contributed by atoms with Gasteiger partial charge in [0.05, 0.1) is 19.4 Å². The fraction of sp³-hybridized carbons (Fsp3) is 0.250. The summed E-state index contributed by atoms with van der Waals surface area (Å²) in [6.45, 7) is 0.739. The second-order valence-electron chi connectivity index (χ2n) is 8.23. The number of rotatable bonds is 13. The van der Waals surface area contributed by atoms with Crippen molar-refractivity contribution < 1.29 is 14.3 Å². The molecule has 0 aliphatic carbocycles. The summed E-state index contributed by atoms with van der Waals surface area (Å²) in [7, 11) is 1.60. The first-order valence-corrected chi connectivity index (χ1v) is 11.6. The summed E-state index contributed by atoms with van der Waals surface area (Å²) in [6.07, 6.45) is 2.07. The van der Waals surface area contributed by atoms with Crippen molar-refractivity contribution in [3.05, 3.63) is 102 Å². The van der Waals surface area contributed by atoms with Crippen molar-refractivity contribution in [2.45, 2.75) is 31.3 Å². The minimum atomic E-state index is -0.799. The Kier molecular flexibility index (Phi) is 11.5. The van der Waals surface area contributed by atoms with E-state index >= 15 is 0 Å². The molecule has 7 nitrogen and oxygen atoms in total. The summed E-state index contributed by atoms with van der Waals surface area (Å²) >= 11 is 0. The Balaban J connectivity index is 0.00000456. The number of ether oxygens (including phenoxy) is 1. The van der Waals surface area contributed by atoms with Crippen LogP contribution in [0, 0.1) is 5.41 Å². The molecule has 0 heterocycles. The number of halogens is 1. The number of benzene rings is 3. The molecule has 0 saturated heterocycles. The predicted molar refractivity (Wildman–Crippen MR) is 145 cm³/mol. The minimum absolute atomic E-state index is 0. The average molecular weight is 509 g/mol. The van der Waals surface area contributed by atoms with Gasteiger partial charge in [-0.25, -0.2) is 0 Å². The molecule has 0 radical (unpaired) electrons. The van der Waals surface area contributed by atoms with E-state index in [4.69, 9.17) is 15.9 Å². The Bertz CT molecular complexity index is 1060. The van der Waals surface area contributed by atoms with Crippen molar-refractivity contribution in [2.75, 3.05) is 13.7 Å². The molecule has 2 amide bonds. The number of carbonyl (C=O) groups is 2. The third-order valence-electron chi connectivity index (χ3n) is 5.91. The highest BCUT2D eigenvalue weighted by Crippen LogP contribution is 2.29. The van der Waals surface area contributed by atoms with Crippen molar-refractivity contribution in [3.63, 3.8) is 0 Å². The topological polar surface area (TPSA) is 109 Å². The fourth-order valence-electron chi connectivity index (χ4n) is 4.13. The molecule has 4 N–H and O–H groups in total. The van der Waals surface area contributed by atoms with Crippen LogP contribution in [0.4, 0.5) is 0 Å². The third kappa shape index (κ3) is 7.58. The summed E-state index contributed by atoms with van der Waals surface area (Å²) in [5.41, 5.74) is 8.40. The van der Waals surface area contributed by atoms with E-state index < -0.39 is 17.9 Å². The number of nitrogens with two attached hydrogens (primary N) is 1. The van der Waals surface area contributed by atoms with Crippen LogP contribution < -0.4 is 15.8 Å². The van der Waals surface area contributed by atoms with E-state index in [1.165, 1.54) is 0 Å². The lowest BCUT2D eigenvalue weighted by atomic mass is 9.89. The summed E-state index contributed by atoms with van der Waals surface area (Å²) < 4.78 is 5.26. The van der Waals surface area contributed by atoms with Crippen molar-refractivity contribution in [3.8, 4) is 5.75 Å². The Morgan fingerprint density at radius 1 is 0.972 bits per heavy atom. The number of hydrogen-bond donors (Lipinski definition) is 3. The highest BCUT2D eigenvalue weighted by Gasteiger charge is 2.34. The molecular weight excluding hydrogens is 476 g/mol. The molecule has 1 atom stereocenters. The van der Waals surface area contributed by atoms with Crippen LogP contribution in [0.3, 0.4) is 0 Å². The van der Waals surface area contributed by atoms with Gasteiger partial charge in [-0.3, -0.25) is 15.0 Å². The van der Waals surface area contributed by atoms with Gasteiger partial charge in [0.1, 0.15) is 11.8 Å². The molecule has 3 aromatic rings. The molecular formula is C28H33ClN4O3. The maximum atomic E-state index is 14.2. The molecule has 0 aliphatic heterocycles. The summed E-state index contributed by atoms with van der Waals surface area (Å²) in [6, 6.07) is 25.8. The molecule has 3 rings (SSSR count). The molecule has 0 fully saturated rings. The van der Waals surface area contributed by atoms with Crippen molar-refractivity contribution in [1.82, 2.24) is 10.2 Å². The van der Waals surface area contributed by atoms with Gasteiger partial charge in [0, 0.05) is 13.1 Å². The van der Waals surface area contributed by atoms with Gasteiger partial charge in [0.15, 0.2) is 0 Å². The normalized spacial score (nSPS) is 11.2. The van der Waals surface area contributed by atoms with Gasteiger partial charge in [-0.15, -0.1) is 12.4 Å². The number of hydrogen-bond acceptors (Lipinski definition) is 4. The zero-order valence-electron chi connectivity index (χ0n) is 20.3. The Labute approximate surface area is 218 Å². The van der Waals surface area contributed by atoms with E-state index in [1.54, 1.807) is 12.0 Å². The fourth-order valence-corrected chi connectivity index (χ4v) is 4.13. The van der Waals surface area contributed by atoms with Crippen LogP contribution in [0.15, 0.2) is 84.9 Å². The van der Waals surface area contributed by atoms with Crippen molar-refractivity contribution in [1.29, 1.82) is 5.41 Å². The van der Waals surface area contributed by atoms with E-state index in [-0.39, 0.29) is 24.9 Å². The highest BCUT2D eigenvalue weighted by molar-refractivity contribution is 5.92. The Hall–Kier alpha value is -3.84. The molecule has 0 aliphatic rings. The average Bonchev–Trinajstić information content (AvgIpc) is 2.89. The summed E-state index contributed by atoms with van der Waals surface area (Å²) in [4.78, 5) is 28.5. The van der Waals surface area contributed by atoms with Gasteiger partial charge in [0.2, 0.25) is 11.8 Å². The number of methoxy groups -OCH3 is 1. The standard InChI is InChI=1S/C28H32N4O3.ClH/c1-35-24-16-14-21(15-17-24)19-32(25(27(30)33)13-8-18-31-20-29)28(34)26(22-9-4-2-5-10-22)23-11-6-3-7-12-23;/h2-7,9-12,14-17,20,25-26H,8,13,18-19H2,1H3,(H2,29,31)(H2,30,33);1H/t25-;/m1./s1. The molecule has 190 valence electrons. The van der Waals surface area contributed by atoms with E-state index in [1.807, 2.05) is 84.9 Å². The largest absolute Gasteiger partial charge is 0.497 e. The van der Waals surface area contributed by atoms with E-state index in [9.17, 15) is 9.59 Å². The van der Waals surface area contributed by atoms with E-state index in [0.29, 0.717) is 25.1 Å². The number of primary amides is 1. The first kappa shape index (κ1) is 28.4. The molecule has 0 aromatic heterocycles. The van der Waals surface area contributed by atoms with Crippen LogP contribution in [0.5, 0.6) is 5.75 Å². The number of amides is 2. The monoisotopic (exact) mass is 508 g/mol. The van der Waals surface area contributed by atoms with Gasteiger partial charge in [-0.1, -0.05) is 72.8 Å². The summed E-state index contributed by atoms with van der Waals surface area (Å²) in [5.74, 6) is -0.622. The van der Waals surface area contributed by atoms with Crippen LogP contribution in [-0.4, -0.2) is 42.7 Å². The number of nitrogens with zero attached hydrogens (tertiary/aromatic N) is 1. The first-order chi connectivity index (χ1) is 17.0. The van der Waals surface area contributed by atoms with Crippen LogP contribution >= 0.6 is 12.4 Å². The molecule has 3 aromatic carbocycles. The molecule has 8 heteroatoms. The second kappa shape index (κ2) is 14.5. The third-order valence-corrected chi connectivity index (χ3v) is 5.91. The zero-order chi connectivity index (χ0) is 25.0. The molecule has 0 unspecified atom stereocenters. The lowest BCUT2D eigenvalue weighted by Gasteiger charge is -2.33. The lowest BCUT2D eigenvalue weighted by Crippen LogP contribution is -2.49. The maximum Gasteiger partial charge on any atom is 0.240 e. The van der Waals surface area contributed by atoms with Gasteiger partial charge in [-0.05, 0) is 41.7 Å². The molecule has 0 spiro atoms. The molecule has 0 saturated carbocycles. The minimum Gasteiger partial charge on any atom is -0.497 e. The number of nitrogens with one attached hydrogen (secondary N) is 2. The van der Waals surface area contributed by atoms with Gasteiger partial charge in [-0.2, -0.15) is 0 Å². The highest BCUT2D eigenvalue weighted by atomic mass is 35.5. The molecule has 36 heavy (non-hydrogen) atoms. The summed E-state index contributed by atoms with van der Waals surface area (Å²) in [5, 5.41) is 9.97. The lowest BCUT2D eigenvalue weighted by molar-refractivity contribution is -0.141. The van der Waals surface area contributed by atoms with Crippen LogP contribution in [0.25, 0.3) is 0 Å². The van der Waals surface area contributed by atoms with Crippen LogP contribution in [0.2, 0.25) is 0 Å². The van der Waals surface area contributed by atoms with Crippen LogP contribution in [-0.2, 0) is 16.1 Å². The van der Waals surface area contributed by atoms with E-state index in [2.05, 4.69) is 5.32 Å². The van der Waals surface area contributed by atoms with Crippen molar-refractivity contribution >= 4 is 30.6 Å². The first-order valence-electron chi connectivity index (χ1n) is 11.6. The molecule has 0 bridgehead atoms. The quantitative estimate of drug-likeness (QED) is 0.183. The maximum absolute atomic E-state index is 14.2. The number of carbonyl (C=O) groups excluding carboxylic acids is 2. The Morgan fingerprint density at radius 2 is 1.53 bits per heavy atom. The predicted octanol–water partition coefficient (Wildman–Crippen LogP) is 4.11. The second-order valence-corrected chi connectivity index (χ2v) is 8.23. The Morgan fingerprint density at radius 3 is 2.00 bits per heavy atom. The smallest absolute Gasteiger partial charge is 0.240 e.